The first-order valence-corrected chi connectivity index (χ1v) is 4.09. The summed E-state index contributed by atoms with van der Waals surface area (Å²) in [6.45, 7) is 0.437. The van der Waals surface area contributed by atoms with Crippen molar-refractivity contribution in [1.82, 2.24) is 10.3 Å². The molecule has 0 spiro atoms. The summed E-state index contributed by atoms with van der Waals surface area (Å²) in [5.74, 6) is -0.186. The van der Waals surface area contributed by atoms with E-state index in [9.17, 15) is 4.79 Å². The van der Waals surface area contributed by atoms with Gasteiger partial charge in [-0.3, -0.25) is 9.78 Å². The van der Waals surface area contributed by atoms with Gasteiger partial charge in [0.1, 0.15) is 5.88 Å². The molecule has 0 fully saturated rings. The number of hydrogen-bond donors (Lipinski definition) is 1. The van der Waals surface area contributed by atoms with Crippen LogP contribution in [0.5, 0.6) is 0 Å². The van der Waals surface area contributed by atoms with Crippen LogP contribution in [0.2, 0.25) is 0 Å². The van der Waals surface area contributed by atoms with E-state index in [1.54, 1.807) is 6.20 Å². The lowest BCUT2D eigenvalue weighted by Gasteiger charge is -2.00. The summed E-state index contributed by atoms with van der Waals surface area (Å²) in [6, 6.07) is 5.54. The molecule has 3 nitrogen and oxygen atoms in total. The third kappa shape index (κ3) is 4.70. The Morgan fingerprint density at radius 2 is 2.31 bits per heavy atom. The minimum Gasteiger partial charge on any atom is -0.349 e. The molecule has 1 N–H and O–H groups in total. The van der Waals surface area contributed by atoms with E-state index in [1.165, 1.54) is 0 Å². The summed E-state index contributed by atoms with van der Waals surface area (Å²) in [5, 5.41) is 2.62. The number of aromatic nitrogens is 1. The number of rotatable bonds is 3. The molecular weight excluding hydrogens is 211 g/mol. The molecule has 0 unspecified atom stereocenters. The summed E-state index contributed by atoms with van der Waals surface area (Å²) in [7, 11) is 0. The Bertz CT molecular complexity index is 254. The summed E-state index contributed by atoms with van der Waals surface area (Å²) < 4.78 is 0. The maximum Gasteiger partial charge on any atom is 0.235 e. The van der Waals surface area contributed by atoms with Crippen LogP contribution in [0.15, 0.2) is 24.4 Å². The lowest BCUT2D eigenvalue weighted by atomic mass is 10.3. The zero-order valence-corrected chi connectivity index (χ0v) is 8.44. The van der Waals surface area contributed by atoms with Crippen molar-refractivity contribution < 1.29 is 4.79 Å². The van der Waals surface area contributed by atoms with Crippen LogP contribution >= 0.6 is 24.0 Å². The zero-order valence-electron chi connectivity index (χ0n) is 6.87. The van der Waals surface area contributed by atoms with Crippen molar-refractivity contribution >= 4 is 29.9 Å². The predicted molar refractivity (Wildman–Crippen MR) is 54.1 cm³/mol. The highest BCUT2D eigenvalue weighted by atomic mass is 35.5. The van der Waals surface area contributed by atoms with Crippen molar-refractivity contribution in [2.24, 2.45) is 0 Å². The van der Waals surface area contributed by atoms with Crippen molar-refractivity contribution in [3.8, 4) is 0 Å². The topological polar surface area (TPSA) is 42.0 Å². The fourth-order valence-corrected chi connectivity index (χ4v) is 0.834. The standard InChI is InChI=1S/C8H9ClN2O.ClH/c9-5-8(12)11-6-7-3-1-2-4-10-7;/h1-4H,5-6H2,(H,11,12);1H. The fourth-order valence-electron chi connectivity index (χ4n) is 0.739. The Morgan fingerprint density at radius 1 is 1.54 bits per heavy atom. The van der Waals surface area contributed by atoms with E-state index in [1.807, 2.05) is 18.2 Å². The molecule has 1 amide bonds. The molecule has 1 aromatic heterocycles. The molecule has 0 aliphatic heterocycles. The molecule has 0 atom stereocenters. The Morgan fingerprint density at radius 3 is 2.85 bits per heavy atom. The summed E-state index contributed by atoms with van der Waals surface area (Å²) in [6.07, 6.45) is 1.68. The average Bonchev–Trinajstić information content (AvgIpc) is 2.16. The van der Waals surface area contributed by atoms with Gasteiger partial charge in [-0.25, -0.2) is 0 Å². The molecule has 5 heteroatoms. The van der Waals surface area contributed by atoms with Crippen molar-refractivity contribution in [2.45, 2.75) is 6.54 Å². The van der Waals surface area contributed by atoms with Gasteiger partial charge in [-0.2, -0.15) is 0 Å². The van der Waals surface area contributed by atoms with Crippen molar-refractivity contribution in [3.63, 3.8) is 0 Å². The first-order chi connectivity index (χ1) is 5.83. The lowest BCUT2D eigenvalue weighted by molar-refractivity contribution is -0.118. The van der Waals surface area contributed by atoms with Crippen molar-refractivity contribution in [2.75, 3.05) is 5.88 Å². The van der Waals surface area contributed by atoms with Gasteiger partial charge in [0.05, 0.1) is 12.2 Å². The highest BCUT2D eigenvalue weighted by Crippen LogP contribution is 1.91. The highest BCUT2D eigenvalue weighted by molar-refractivity contribution is 6.27. The minimum atomic E-state index is -0.178. The molecule has 0 aliphatic carbocycles. The summed E-state index contributed by atoms with van der Waals surface area (Å²) in [4.78, 5) is 14.7. The molecule has 72 valence electrons. The number of pyridine rings is 1. The highest BCUT2D eigenvalue weighted by Gasteiger charge is 1.97. The number of carbonyl (C=O) groups excluding carboxylic acids is 1. The number of halogens is 2. The van der Waals surface area contributed by atoms with E-state index < -0.39 is 0 Å². The van der Waals surface area contributed by atoms with E-state index in [-0.39, 0.29) is 24.2 Å². The SMILES string of the molecule is Cl.O=C(CCl)NCc1ccccn1. The van der Waals surface area contributed by atoms with Crippen LogP contribution in [-0.2, 0) is 11.3 Å². The molecular formula is C8H10Cl2N2O. The number of amides is 1. The number of nitrogens with zero attached hydrogens (tertiary/aromatic N) is 1. The third-order valence-electron chi connectivity index (χ3n) is 1.31. The first kappa shape index (κ1) is 12.2. The van der Waals surface area contributed by atoms with E-state index in [2.05, 4.69) is 10.3 Å². The van der Waals surface area contributed by atoms with Gasteiger partial charge in [0.25, 0.3) is 0 Å². The normalized spacial score (nSPS) is 8.69. The molecule has 1 aromatic rings. The van der Waals surface area contributed by atoms with Gasteiger partial charge >= 0.3 is 0 Å². The monoisotopic (exact) mass is 220 g/mol. The van der Waals surface area contributed by atoms with Crippen LogP contribution in [0, 0.1) is 0 Å². The predicted octanol–water partition coefficient (Wildman–Crippen LogP) is 1.36. The largest absolute Gasteiger partial charge is 0.349 e. The van der Waals surface area contributed by atoms with Crippen molar-refractivity contribution in [1.29, 1.82) is 0 Å². The zero-order chi connectivity index (χ0) is 8.81. The number of nitrogens with one attached hydrogen (secondary N) is 1. The van der Waals surface area contributed by atoms with Gasteiger partial charge in [0, 0.05) is 6.20 Å². The molecule has 1 rings (SSSR count). The lowest BCUT2D eigenvalue weighted by Crippen LogP contribution is -2.24. The van der Waals surface area contributed by atoms with Gasteiger partial charge in [-0.1, -0.05) is 6.07 Å². The first-order valence-electron chi connectivity index (χ1n) is 3.55. The molecule has 0 saturated heterocycles. The number of alkyl halides is 1. The van der Waals surface area contributed by atoms with Gasteiger partial charge in [0.15, 0.2) is 0 Å². The Balaban J connectivity index is 0.00000144. The molecule has 0 bridgehead atoms. The van der Waals surface area contributed by atoms with Crippen LogP contribution in [0.25, 0.3) is 0 Å². The second kappa shape index (κ2) is 6.69. The second-order valence-corrected chi connectivity index (χ2v) is 2.50. The van der Waals surface area contributed by atoms with Crippen LogP contribution in [0.3, 0.4) is 0 Å². The van der Waals surface area contributed by atoms with Crippen LogP contribution < -0.4 is 5.32 Å². The number of hydrogen-bond acceptors (Lipinski definition) is 2. The molecule has 0 aliphatic rings. The van der Waals surface area contributed by atoms with E-state index in [0.717, 1.165) is 5.69 Å². The summed E-state index contributed by atoms with van der Waals surface area (Å²) in [5.41, 5.74) is 0.830. The van der Waals surface area contributed by atoms with E-state index in [0.29, 0.717) is 6.54 Å². The number of carbonyl (C=O) groups is 1. The van der Waals surface area contributed by atoms with Crippen LogP contribution in [0.4, 0.5) is 0 Å². The summed E-state index contributed by atoms with van der Waals surface area (Å²) >= 11 is 5.29. The van der Waals surface area contributed by atoms with Crippen LogP contribution in [-0.4, -0.2) is 16.8 Å². The van der Waals surface area contributed by atoms with Crippen LogP contribution in [0.1, 0.15) is 5.69 Å². The molecule has 13 heavy (non-hydrogen) atoms. The fraction of sp³-hybridized carbons (Fsp3) is 0.250. The molecule has 1 heterocycles. The van der Waals surface area contributed by atoms with Gasteiger partial charge < -0.3 is 5.32 Å². The second-order valence-electron chi connectivity index (χ2n) is 2.23. The minimum absolute atomic E-state index is 0. The van der Waals surface area contributed by atoms with E-state index in [4.69, 9.17) is 11.6 Å². The third-order valence-corrected chi connectivity index (χ3v) is 1.56. The Labute approximate surface area is 87.9 Å². The average molecular weight is 221 g/mol. The Hall–Kier alpha value is -0.800. The molecule has 0 aromatic carbocycles. The van der Waals surface area contributed by atoms with Gasteiger partial charge in [-0.05, 0) is 12.1 Å². The van der Waals surface area contributed by atoms with E-state index >= 15 is 0 Å². The quantitative estimate of drug-likeness (QED) is 0.783. The molecule has 0 radical (unpaired) electrons. The maximum atomic E-state index is 10.7. The Kier molecular flexibility index (Phi) is 6.28. The van der Waals surface area contributed by atoms with Gasteiger partial charge in [-0.15, -0.1) is 24.0 Å². The van der Waals surface area contributed by atoms with Crippen molar-refractivity contribution in [3.05, 3.63) is 30.1 Å². The van der Waals surface area contributed by atoms with Gasteiger partial charge in [0.2, 0.25) is 5.91 Å². The maximum absolute atomic E-state index is 10.7. The smallest absolute Gasteiger partial charge is 0.235 e. The molecule has 0 saturated carbocycles.